The van der Waals surface area contributed by atoms with Crippen molar-refractivity contribution >= 4 is 11.8 Å². The van der Waals surface area contributed by atoms with Crippen LogP contribution in [-0.4, -0.2) is 47.8 Å². The van der Waals surface area contributed by atoms with Gasteiger partial charge in [0.2, 0.25) is 18.6 Å². The van der Waals surface area contributed by atoms with E-state index < -0.39 is 6.04 Å². The molecule has 2 amide bonds. The Morgan fingerprint density at radius 3 is 3.00 bits per heavy atom. The molecule has 1 atom stereocenters. The first kappa shape index (κ1) is 15.6. The van der Waals surface area contributed by atoms with Crippen molar-refractivity contribution in [3.05, 3.63) is 23.8 Å². The second-order valence-electron chi connectivity index (χ2n) is 5.63. The molecule has 0 radical (unpaired) electrons. The van der Waals surface area contributed by atoms with Crippen LogP contribution in [0.15, 0.2) is 18.2 Å². The van der Waals surface area contributed by atoms with Crippen LogP contribution in [0.2, 0.25) is 0 Å². The third kappa shape index (κ3) is 3.39. The van der Waals surface area contributed by atoms with Gasteiger partial charge >= 0.3 is 0 Å². The summed E-state index contributed by atoms with van der Waals surface area (Å²) in [6, 6.07) is 5.08. The molecule has 1 fully saturated rings. The van der Waals surface area contributed by atoms with E-state index in [1.807, 2.05) is 18.2 Å². The van der Waals surface area contributed by atoms with Crippen molar-refractivity contribution in [1.82, 2.24) is 10.2 Å². The first-order valence-corrected chi connectivity index (χ1v) is 7.75. The van der Waals surface area contributed by atoms with E-state index in [9.17, 15) is 9.59 Å². The predicted molar refractivity (Wildman–Crippen MR) is 80.8 cm³/mol. The van der Waals surface area contributed by atoms with Gasteiger partial charge in [-0.15, -0.1) is 0 Å². The van der Waals surface area contributed by atoms with E-state index in [-0.39, 0.29) is 25.2 Å². The molecule has 0 spiro atoms. The number of benzene rings is 1. The van der Waals surface area contributed by atoms with Gasteiger partial charge in [-0.1, -0.05) is 6.07 Å². The Bertz CT molecular complexity index is 604. The smallest absolute Gasteiger partial charge is 0.242 e. The minimum Gasteiger partial charge on any atom is -0.454 e. The molecule has 124 valence electrons. The van der Waals surface area contributed by atoms with Crippen molar-refractivity contribution in [3.8, 4) is 11.5 Å². The summed E-state index contributed by atoms with van der Waals surface area (Å²) in [6.45, 7) is 1.02. The minimum atomic E-state index is -0.452. The van der Waals surface area contributed by atoms with Crippen LogP contribution in [0.25, 0.3) is 0 Å². The number of carbonyl (C=O) groups is 2. The Kier molecular flexibility index (Phi) is 4.66. The number of aliphatic hydroxyl groups excluding tert-OH is 1. The van der Waals surface area contributed by atoms with E-state index in [0.717, 1.165) is 5.56 Å². The SMILES string of the molecule is O=C(NCCCO)[C@H]1CCC(=O)N1Cc1ccc2c(c1)OCO2. The number of hydrogen-bond donors (Lipinski definition) is 2. The average Bonchev–Trinajstić information content (AvgIpc) is 3.14. The van der Waals surface area contributed by atoms with E-state index in [1.54, 1.807) is 4.90 Å². The molecule has 1 aromatic carbocycles. The summed E-state index contributed by atoms with van der Waals surface area (Å²) in [6.07, 6.45) is 1.41. The number of nitrogens with one attached hydrogen (secondary N) is 1. The standard InChI is InChI=1S/C16H20N2O5/c19-7-1-6-17-16(21)12-3-5-15(20)18(12)9-11-2-4-13-14(8-11)23-10-22-13/h2,4,8,12,19H,1,3,5-7,9-10H2,(H,17,21)/t12-/m1/s1. The van der Waals surface area contributed by atoms with Crippen LogP contribution < -0.4 is 14.8 Å². The van der Waals surface area contributed by atoms with Crippen molar-refractivity contribution in [2.45, 2.75) is 31.8 Å². The molecule has 0 aliphatic carbocycles. The molecule has 2 N–H and O–H groups in total. The summed E-state index contributed by atoms with van der Waals surface area (Å²) in [4.78, 5) is 25.9. The summed E-state index contributed by atoms with van der Waals surface area (Å²) in [7, 11) is 0. The summed E-state index contributed by atoms with van der Waals surface area (Å²) in [5, 5.41) is 11.5. The maximum atomic E-state index is 12.2. The number of amides is 2. The van der Waals surface area contributed by atoms with Gasteiger partial charge in [0.1, 0.15) is 6.04 Å². The normalized spacial score (nSPS) is 19.3. The zero-order valence-corrected chi connectivity index (χ0v) is 12.8. The number of rotatable bonds is 6. The molecule has 0 unspecified atom stereocenters. The van der Waals surface area contributed by atoms with Gasteiger partial charge in [-0.05, 0) is 30.5 Å². The molecule has 23 heavy (non-hydrogen) atoms. The van der Waals surface area contributed by atoms with Crippen molar-refractivity contribution in [2.75, 3.05) is 19.9 Å². The summed E-state index contributed by atoms with van der Waals surface area (Å²) >= 11 is 0. The molecule has 2 heterocycles. The highest BCUT2D eigenvalue weighted by atomic mass is 16.7. The molecule has 1 aromatic rings. The highest BCUT2D eigenvalue weighted by molar-refractivity contribution is 5.90. The second-order valence-corrected chi connectivity index (χ2v) is 5.63. The van der Waals surface area contributed by atoms with E-state index in [2.05, 4.69) is 5.32 Å². The maximum Gasteiger partial charge on any atom is 0.242 e. The molecule has 3 rings (SSSR count). The van der Waals surface area contributed by atoms with Gasteiger partial charge < -0.3 is 24.8 Å². The van der Waals surface area contributed by atoms with Gasteiger partial charge in [0.25, 0.3) is 0 Å². The molecule has 1 saturated heterocycles. The summed E-state index contributed by atoms with van der Waals surface area (Å²) in [5.41, 5.74) is 0.901. The summed E-state index contributed by atoms with van der Waals surface area (Å²) < 4.78 is 10.6. The van der Waals surface area contributed by atoms with E-state index in [0.29, 0.717) is 43.9 Å². The van der Waals surface area contributed by atoms with Crippen LogP contribution >= 0.6 is 0 Å². The third-order valence-electron chi connectivity index (χ3n) is 4.05. The molecule has 7 heteroatoms. The van der Waals surface area contributed by atoms with Gasteiger partial charge in [0.15, 0.2) is 11.5 Å². The first-order valence-electron chi connectivity index (χ1n) is 7.75. The van der Waals surface area contributed by atoms with E-state index >= 15 is 0 Å². The van der Waals surface area contributed by atoms with Crippen LogP contribution in [0, 0.1) is 0 Å². The molecule has 2 aliphatic rings. The Balaban J connectivity index is 1.66. The number of aliphatic hydroxyl groups is 1. The number of likely N-dealkylation sites (tertiary alicyclic amines) is 1. The highest BCUT2D eigenvalue weighted by Crippen LogP contribution is 2.33. The monoisotopic (exact) mass is 320 g/mol. The van der Waals surface area contributed by atoms with E-state index in [4.69, 9.17) is 14.6 Å². The first-order chi connectivity index (χ1) is 11.2. The predicted octanol–water partition coefficient (Wildman–Crippen LogP) is 0.405. The topological polar surface area (TPSA) is 88.1 Å². The van der Waals surface area contributed by atoms with Crippen LogP contribution in [0.4, 0.5) is 0 Å². The average molecular weight is 320 g/mol. The lowest BCUT2D eigenvalue weighted by molar-refractivity contribution is -0.135. The maximum absolute atomic E-state index is 12.2. The molecular weight excluding hydrogens is 300 g/mol. The quantitative estimate of drug-likeness (QED) is 0.741. The number of nitrogens with zero attached hydrogens (tertiary/aromatic N) is 1. The van der Waals surface area contributed by atoms with Crippen LogP contribution in [0.3, 0.4) is 0 Å². The molecule has 7 nitrogen and oxygen atoms in total. The van der Waals surface area contributed by atoms with Gasteiger partial charge in [-0.3, -0.25) is 9.59 Å². The number of carbonyl (C=O) groups excluding carboxylic acids is 2. The molecule has 0 aromatic heterocycles. The van der Waals surface area contributed by atoms with Gasteiger partial charge in [0, 0.05) is 26.1 Å². The second kappa shape index (κ2) is 6.87. The molecular formula is C16H20N2O5. The fraction of sp³-hybridized carbons (Fsp3) is 0.500. The van der Waals surface area contributed by atoms with Crippen molar-refractivity contribution in [2.24, 2.45) is 0 Å². The van der Waals surface area contributed by atoms with E-state index in [1.165, 1.54) is 0 Å². The van der Waals surface area contributed by atoms with Crippen molar-refractivity contribution in [1.29, 1.82) is 0 Å². The zero-order valence-electron chi connectivity index (χ0n) is 12.8. The van der Waals surface area contributed by atoms with Gasteiger partial charge in [0.05, 0.1) is 0 Å². The van der Waals surface area contributed by atoms with Gasteiger partial charge in [-0.2, -0.15) is 0 Å². The lowest BCUT2D eigenvalue weighted by atomic mass is 10.1. The fourth-order valence-corrected chi connectivity index (χ4v) is 2.85. The number of hydrogen-bond acceptors (Lipinski definition) is 5. The zero-order chi connectivity index (χ0) is 16.2. The lowest BCUT2D eigenvalue weighted by Crippen LogP contribution is -2.44. The third-order valence-corrected chi connectivity index (χ3v) is 4.05. The van der Waals surface area contributed by atoms with Gasteiger partial charge in [-0.25, -0.2) is 0 Å². The van der Waals surface area contributed by atoms with Crippen LogP contribution in [0.1, 0.15) is 24.8 Å². The molecule has 2 aliphatic heterocycles. The van der Waals surface area contributed by atoms with Crippen LogP contribution in [0.5, 0.6) is 11.5 Å². The van der Waals surface area contributed by atoms with Crippen molar-refractivity contribution < 1.29 is 24.2 Å². The fourth-order valence-electron chi connectivity index (χ4n) is 2.85. The molecule has 0 saturated carbocycles. The Morgan fingerprint density at radius 2 is 2.17 bits per heavy atom. The van der Waals surface area contributed by atoms with Crippen LogP contribution in [-0.2, 0) is 16.1 Å². The number of ether oxygens (including phenoxy) is 2. The largest absolute Gasteiger partial charge is 0.454 e. The minimum absolute atomic E-state index is 0.0232. The molecule has 0 bridgehead atoms. The Hall–Kier alpha value is -2.28. The Morgan fingerprint density at radius 1 is 1.35 bits per heavy atom. The Labute approximate surface area is 134 Å². The lowest BCUT2D eigenvalue weighted by Gasteiger charge is -2.24. The van der Waals surface area contributed by atoms with Crippen molar-refractivity contribution in [3.63, 3.8) is 0 Å². The highest BCUT2D eigenvalue weighted by Gasteiger charge is 2.35. The summed E-state index contributed by atoms with van der Waals surface area (Å²) in [5.74, 6) is 1.17. The number of fused-ring (bicyclic) bond motifs is 1.